The second-order valence-electron chi connectivity index (χ2n) is 3.44. The lowest BCUT2D eigenvalue weighted by molar-refractivity contribution is 0.560. The van der Waals surface area contributed by atoms with Crippen LogP contribution in [0.5, 0.6) is 0 Å². The molecule has 0 aromatic carbocycles. The summed E-state index contributed by atoms with van der Waals surface area (Å²) >= 11 is 0. The summed E-state index contributed by atoms with van der Waals surface area (Å²) in [6, 6.07) is 0.350. The maximum Gasteiger partial charge on any atom is 0.243 e. The number of aromatic amines is 1. The first kappa shape index (κ1) is 12.2. The molecular weight excluding hydrogens is 216 g/mol. The molecule has 86 valence electrons. The number of hydrogen-bond acceptors (Lipinski definition) is 4. The van der Waals surface area contributed by atoms with Gasteiger partial charge in [-0.15, -0.1) is 0 Å². The molecule has 7 heteroatoms. The molecule has 1 aromatic rings. The standard InChI is InChI=1S/C8H16N4O2S/c1-7(2)9-3-4-12-15(13,14)8-5-10-11-6-8/h5-7,9,12H,3-4H2,1-2H3,(H,10,11). The van der Waals surface area contributed by atoms with Crippen LogP contribution in [-0.2, 0) is 10.0 Å². The highest BCUT2D eigenvalue weighted by atomic mass is 32.2. The van der Waals surface area contributed by atoms with Gasteiger partial charge in [0, 0.05) is 25.3 Å². The van der Waals surface area contributed by atoms with E-state index in [0.717, 1.165) is 0 Å². The molecule has 1 aromatic heterocycles. The van der Waals surface area contributed by atoms with E-state index in [1.807, 2.05) is 13.8 Å². The van der Waals surface area contributed by atoms with Crippen molar-refractivity contribution in [3.63, 3.8) is 0 Å². The Morgan fingerprint density at radius 3 is 2.73 bits per heavy atom. The van der Waals surface area contributed by atoms with E-state index in [1.54, 1.807) is 0 Å². The summed E-state index contributed by atoms with van der Waals surface area (Å²) in [7, 11) is -3.40. The Morgan fingerprint density at radius 2 is 2.20 bits per heavy atom. The number of H-pyrrole nitrogens is 1. The predicted octanol–water partition coefficient (Wildman–Crippen LogP) is -0.314. The average molecular weight is 232 g/mol. The van der Waals surface area contributed by atoms with Crippen LogP contribution < -0.4 is 10.0 Å². The average Bonchev–Trinajstić information content (AvgIpc) is 2.65. The summed E-state index contributed by atoms with van der Waals surface area (Å²) in [5.41, 5.74) is 0. The highest BCUT2D eigenvalue weighted by molar-refractivity contribution is 7.89. The third kappa shape index (κ3) is 3.98. The van der Waals surface area contributed by atoms with E-state index in [4.69, 9.17) is 0 Å². The van der Waals surface area contributed by atoms with Crippen LogP contribution in [0.1, 0.15) is 13.8 Å². The lowest BCUT2D eigenvalue weighted by Gasteiger charge is -2.08. The van der Waals surface area contributed by atoms with Crippen molar-refractivity contribution in [3.8, 4) is 0 Å². The molecule has 0 saturated heterocycles. The normalized spacial score (nSPS) is 12.2. The Bertz CT molecular complexity index is 371. The van der Waals surface area contributed by atoms with E-state index in [1.165, 1.54) is 12.4 Å². The lowest BCUT2D eigenvalue weighted by Crippen LogP contribution is -2.34. The third-order valence-corrected chi connectivity index (χ3v) is 3.18. The summed E-state index contributed by atoms with van der Waals surface area (Å²) < 4.78 is 25.5. The van der Waals surface area contributed by atoms with Crippen molar-refractivity contribution < 1.29 is 8.42 Å². The first-order valence-electron chi connectivity index (χ1n) is 4.74. The Kier molecular flexibility index (Phi) is 4.25. The van der Waals surface area contributed by atoms with Gasteiger partial charge in [0.2, 0.25) is 10.0 Å². The molecule has 15 heavy (non-hydrogen) atoms. The zero-order chi connectivity index (χ0) is 11.3. The number of nitrogens with zero attached hydrogens (tertiary/aromatic N) is 1. The van der Waals surface area contributed by atoms with Crippen molar-refractivity contribution in [2.75, 3.05) is 13.1 Å². The first-order valence-corrected chi connectivity index (χ1v) is 6.22. The van der Waals surface area contributed by atoms with Crippen LogP contribution in [0.3, 0.4) is 0 Å². The molecule has 0 amide bonds. The van der Waals surface area contributed by atoms with E-state index < -0.39 is 10.0 Å². The van der Waals surface area contributed by atoms with Crippen LogP contribution in [0.25, 0.3) is 0 Å². The fourth-order valence-electron chi connectivity index (χ4n) is 1.02. The van der Waals surface area contributed by atoms with Crippen LogP contribution in [0, 0.1) is 0 Å². The van der Waals surface area contributed by atoms with E-state index in [9.17, 15) is 8.42 Å². The lowest BCUT2D eigenvalue weighted by atomic mass is 10.4. The highest BCUT2D eigenvalue weighted by Gasteiger charge is 2.13. The summed E-state index contributed by atoms with van der Waals surface area (Å²) in [5, 5.41) is 9.16. The molecule has 1 heterocycles. The molecule has 1 rings (SSSR count). The zero-order valence-corrected chi connectivity index (χ0v) is 9.63. The van der Waals surface area contributed by atoms with Crippen molar-refractivity contribution in [1.82, 2.24) is 20.2 Å². The molecule has 0 atom stereocenters. The number of rotatable bonds is 6. The molecule has 0 radical (unpaired) electrons. The van der Waals surface area contributed by atoms with Crippen LogP contribution in [0.4, 0.5) is 0 Å². The Labute approximate surface area is 89.5 Å². The van der Waals surface area contributed by atoms with E-state index in [2.05, 4.69) is 20.2 Å². The molecule has 0 unspecified atom stereocenters. The zero-order valence-electron chi connectivity index (χ0n) is 8.82. The van der Waals surface area contributed by atoms with E-state index in [-0.39, 0.29) is 4.90 Å². The highest BCUT2D eigenvalue weighted by Crippen LogP contribution is 2.02. The second-order valence-corrected chi connectivity index (χ2v) is 5.21. The molecule has 3 N–H and O–H groups in total. The largest absolute Gasteiger partial charge is 0.313 e. The van der Waals surface area contributed by atoms with Crippen LogP contribution in [0.2, 0.25) is 0 Å². The van der Waals surface area contributed by atoms with Gasteiger partial charge in [-0.05, 0) is 0 Å². The number of sulfonamides is 1. The van der Waals surface area contributed by atoms with Crippen molar-refractivity contribution in [2.45, 2.75) is 24.8 Å². The SMILES string of the molecule is CC(C)NCCNS(=O)(=O)c1cn[nH]c1. The van der Waals surface area contributed by atoms with Gasteiger partial charge in [0.25, 0.3) is 0 Å². The molecule has 0 saturated carbocycles. The third-order valence-electron chi connectivity index (χ3n) is 1.75. The predicted molar refractivity (Wildman–Crippen MR) is 56.9 cm³/mol. The molecule has 0 aliphatic heterocycles. The Morgan fingerprint density at radius 1 is 1.47 bits per heavy atom. The molecule has 0 bridgehead atoms. The number of nitrogens with one attached hydrogen (secondary N) is 3. The fourth-order valence-corrected chi connectivity index (χ4v) is 1.95. The summed E-state index contributed by atoms with van der Waals surface area (Å²) in [4.78, 5) is 0.159. The molecule has 6 nitrogen and oxygen atoms in total. The molecule has 0 aliphatic rings. The van der Waals surface area contributed by atoms with Crippen molar-refractivity contribution >= 4 is 10.0 Å². The minimum Gasteiger partial charge on any atom is -0.313 e. The van der Waals surface area contributed by atoms with Crippen LogP contribution >= 0.6 is 0 Å². The van der Waals surface area contributed by atoms with Crippen LogP contribution in [0.15, 0.2) is 17.3 Å². The van der Waals surface area contributed by atoms with E-state index in [0.29, 0.717) is 19.1 Å². The van der Waals surface area contributed by atoms with Gasteiger partial charge in [-0.2, -0.15) is 5.10 Å². The van der Waals surface area contributed by atoms with Gasteiger partial charge in [0.1, 0.15) is 4.90 Å². The maximum absolute atomic E-state index is 11.5. The number of aromatic nitrogens is 2. The Hall–Kier alpha value is -0.920. The van der Waals surface area contributed by atoms with Gasteiger partial charge in [-0.3, -0.25) is 5.10 Å². The van der Waals surface area contributed by atoms with Gasteiger partial charge >= 0.3 is 0 Å². The molecule has 0 spiro atoms. The smallest absolute Gasteiger partial charge is 0.243 e. The van der Waals surface area contributed by atoms with Crippen LogP contribution in [-0.4, -0.2) is 37.7 Å². The first-order chi connectivity index (χ1) is 7.02. The van der Waals surface area contributed by atoms with Gasteiger partial charge in [-0.1, -0.05) is 13.8 Å². The van der Waals surface area contributed by atoms with Gasteiger partial charge in [-0.25, -0.2) is 13.1 Å². The summed E-state index contributed by atoms with van der Waals surface area (Å²) in [6.07, 6.45) is 2.62. The number of hydrogen-bond donors (Lipinski definition) is 3. The summed E-state index contributed by atoms with van der Waals surface area (Å²) in [6.45, 7) is 4.98. The topological polar surface area (TPSA) is 86.9 Å². The van der Waals surface area contributed by atoms with Gasteiger partial charge < -0.3 is 5.32 Å². The minimum absolute atomic E-state index is 0.159. The Balaban J connectivity index is 2.39. The molecular formula is C8H16N4O2S. The van der Waals surface area contributed by atoms with Crippen molar-refractivity contribution in [1.29, 1.82) is 0 Å². The molecule has 0 fully saturated rings. The van der Waals surface area contributed by atoms with Gasteiger partial charge in [0.05, 0.1) is 6.20 Å². The molecule has 0 aliphatic carbocycles. The van der Waals surface area contributed by atoms with Crippen molar-refractivity contribution in [2.24, 2.45) is 0 Å². The quantitative estimate of drug-likeness (QED) is 0.587. The monoisotopic (exact) mass is 232 g/mol. The fraction of sp³-hybridized carbons (Fsp3) is 0.625. The van der Waals surface area contributed by atoms with Crippen molar-refractivity contribution in [3.05, 3.63) is 12.4 Å². The minimum atomic E-state index is -3.40. The van der Waals surface area contributed by atoms with E-state index >= 15 is 0 Å². The maximum atomic E-state index is 11.5. The second kappa shape index (κ2) is 5.24. The van der Waals surface area contributed by atoms with Gasteiger partial charge in [0.15, 0.2) is 0 Å². The summed E-state index contributed by atoms with van der Waals surface area (Å²) in [5.74, 6) is 0.